The lowest BCUT2D eigenvalue weighted by atomic mass is 9.75. The molecular weight excluding hydrogens is 308 g/mol. The zero-order chi connectivity index (χ0) is 17.3. The van der Waals surface area contributed by atoms with Crippen molar-refractivity contribution in [2.24, 2.45) is 0 Å². The summed E-state index contributed by atoms with van der Waals surface area (Å²) in [6, 6.07) is 26.1. The Morgan fingerprint density at radius 1 is 0.600 bits per heavy atom. The Labute approximate surface area is 146 Å². The van der Waals surface area contributed by atoms with Crippen molar-refractivity contribution in [1.29, 1.82) is 0 Å². The van der Waals surface area contributed by atoms with Crippen LogP contribution in [0.5, 0.6) is 0 Å². The van der Waals surface area contributed by atoms with E-state index >= 15 is 0 Å². The monoisotopic (exact) mass is 324 g/mol. The van der Waals surface area contributed by atoms with Crippen LogP contribution in [0.2, 0.25) is 0 Å². The molecule has 0 amide bonds. The summed E-state index contributed by atoms with van der Waals surface area (Å²) in [6.45, 7) is 0. The van der Waals surface area contributed by atoms with Crippen molar-refractivity contribution in [3.8, 4) is 0 Å². The number of fused-ring (bicyclic) bond motifs is 1. The molecular formula is C23H16O2. The third kappa shape index (κ3) is 2.34. The van der Waals surface area contributed by atoms with Crippen LogP contribution in [0, 0.1) is 0 Å². The van der Waals surface area contributed by atoms with Gasteiger partial charge in [0.05, 0.1) is 0 Å². The van der Waals surface area contributed by atoms with E-state index in [9.17, 15) is 9.59 Å². The van der Waals surface area contributed by atoms with E-state index in [1.807, 2.05) is 66.7 Å². The number of Topliss-reactive ketones (excluding diaryl/α,β-unsaturated/α-hetero) is 2. The summed E-state index contributed by atoms with van der Waals surface area (Å²) in [4.78, 5) is 26.6. The molecule has 0 aromatic heterocycles. The highest BCUT2D eigenvalue weighted by Crippen LogP contribution is 2.41. The molecule has 3 aromatic rings. The van der Waals surface area contributed by atoms with E-state index < -0.39 is 5.41 Å². The molecule has 4 rings (SSSR count). The Bertz CT molecular complexity index is 934. The molecule has 2 heteroatoms. The predicted molar refractivity (Wildman–Crippen MR) is 98.7 cm³/mol. The molecule has 0 bridgehead atoms. The fraction of sp³-hybridized carbons (Fsp3) is 0.0435. The molecule has 0 atom stereocenters. The molecule has 0 aliphatic heterocycles. The van der Waals surface area contributed by atoms with Gasteiger partial charge in [-0.2, -0.15) is 0 Å². The molecule has 0 heterocycles. The minimum Gasteiger partial charge on any atom is -0.292 e. The fourth-order valence-electron chi connectivity index (χ4n) is 3.40. The third-order valence-corrected chi connectivity index (χ3v) is 4.69. The summed E-state index contributed by atoms with van der Waals surface area (Å²) in [7, 11) is 0. The summed E-state index contributed by atoms with van der Waals surface area (Å²) in [5, 5.41) is 0. The maximum absolute atomic E-state index is 13.3. The lowest BCUT2D eigenvalue weighted by Crippen LogP contribution is -2.36. The molecule has 1 aliphatic carbocycles. The number of hydrogen-bond donors (Lipinski definition) is 0. The standard InChI is InChI=1S/C23H16O2/c24-21-19-13-7-8-14-20(19)22(25)23(21,18-11-5-2-6-12-18)16-15-17-9-3-1-4-10-17/h1-16H/b16-15+. The largest absolute Gasteiger partial charge is 0.292 e. The summed E-state index contributed by atoms with van der Waals surface area (Å²) in [5.74, 6) is -0.321. The van der Waals surface area contributed by atoms with E-state index in [0.717, 1.165) is 5.56 Å². The molecule has 0 spiro atoms. The molecule has 0 unspecified atom stereocenters. The van der Waals surface area contributed by atoms with E-state index in [1.165, 1.54) is 0 Å². The normalized spacial score (nSPS) is 15.5. The number of rotatable bonds is 3. The van der Waals surface area contributed by atoms with E-state index in [0.29, 0.717) is 16.7 Å². The maximum Gasteiger partial charge on any atom is 0.185 e. The van der Waals surface area contributed by atoms with Crippen LogP contribution in [0.15, 0.2) is 91.0 Å². The van der Waals surface area contributed by atoms with Crippen molar-refractivity contribution in [3.05, 3.63) is 113 Å². The quantitative estimate of drug-likeness (QED) is 0.653. The number of benzene rings is 3. The zero-order valence-electron chi connectivity index (χ0n) is 13.6. The number of ketones is 2. The van der Waals surface area contributed by atoms with E-state index in [4.69, 9.17) is 0 Å². The zero-order valence-corrected chi connectivity index (χ0v) is 13.6. The SMILES string of the molecule is O=C1c2ccccc2C(=O)C1(/C=C/c1ccccc1)c1ccccc1. The first-order valence-electron chi connectivity index (χ1n) is 8.22. The lowest BCUT2D eigenvalue weighted by molar-refractivity contribution is 0.0836. The number of hydrogen-bond acceptors (Lipinski definition) is 2. The fourth-order valence-corrected chi connectivity index (χ4v) is 3.40. The first-order chi connectivity index (χ1) is 12.2. The van der Waals surface area contributed by atoms with Crippen molar-refractivity contribution in [1.82, 2.24) is 0 Å². The summed E-state index contributed by atoms with van der Waals surface area (Å²) in [5.41, 5.74) is 1.35. The van der Waals surface area contributed by atoms with Crippen molar-refractivity contribution < 1.29 is 9.59 Å². The van der Waals surface area contributed by atoms with Crippen LogP contribution in [0.3, 0.4) is 0 Å². The Morgan fingerprint density at radius 2 is 1.08 bits per heavy atom. The van der Waals surface area contributed by atoms with Gasteiger partial charge in [-0.3, -0.25) is 9.59 Å². The lowest BCUT2D eigenvalue weighted by Gasteiger charge is -2.22. The predicted octanol–water partition coefficient (Wildman–Crippen LogP) is 4.72. The molecule has 0 saturated carbocycles. The van der Waals surface area contributed by atoms with E-state index in [2.05, 4.69) is 0 Å². The highest BCUT2D eigenvalue weighted by Gasteiger charge is 2.52. The van der Waals surface area contributed by atoms with Gasteiger partial charge in [0.1, 0.15) is 5.41 Å². The van der Waals surface area contributed by atoms with Gasteiger partial charge in [0.25, 0.3) is 0 Å². The number of carbonyl (C=O) groups is 2. The molecule has 0 radical (unpaired) electrons. The average molecular weight is 324 g/mol. The maximum atomic E-state index is 13.3. The molecule has 3 aromatic carbocycles. The van der Waals surface area contributed by atoms with Crippen LogP contribution >= 0.6 is 0 Å². The minimum atomic E-state index is -1.29. The van der Waals surface area contributed by atoms with Gasteiger partial charge in [-0.25, -0.2) is 0 Å². The Kier molecular flexibility index (Phi) is 3.66. The van der Waals surface area contributed by atoms with Gasteiger partial charge in [0, 0.05) is 11.1 Å². The highest BCUT2D eigenvalue weighted by molar-refractivity contribution is 6.34. The summed E-state index contributed by atoms with van der Waals surface area (Å²) >= 11 is 0. The number of allylic oxidation sites excluding steroid dienone is 1. The van der Waals surface area contributed by atoms with Crippen molar-refractivity contribution >= 4 is 17.6 Å². The molecule has 25 heavy (non-hydrogen) atoms. The second kappa shape index (κ2) is 5.99. The smallest absolute Gasteiger partial charge is 0.185 e. The van der Waals surface area contributed by atoms with Crippen LogP contribution < -0.4 is 0 Å². The van der Waals surface area contributed by atoms with Gasteiger partial charge in [0.2, 0.25) is 0 Å². The van der Waals surface area contributed by atoms with Crippen molar-refractivity contribution in [2.45, 2.75) is 5.41 Å². The second-order valence-corrected chi connectivity index (χ2v) is 6.12. The first-order valence-corrected chi connectivity index (χ1v) is 8.22. The van der Waals surface area contributed by atoms with Crippen LogP contribution in [0.1, 0.15) is 31.8 Å². The first kappa shape index (κ1) is 15.3. The van der Waals surface area contributed by atoms with Gasteiger partial charge < -0.3 is 0 Å². The summed E-state index contributed by atoms with van der Waals surface area (Å²) < 4.78 is 0. The van der Waals surface area contributed by atoms with Gasteiger partial charge in [-0.1, -0.05) is 97.1 Å². The molecule has 0 fully saturated rings. The molecule has 120 valence electrons. The minimum absolute atomic E-state index is 0.161. The summed E-state index contributed by atoms with van der Waals surface area (Å²) in [6.07, 6.45) is 3.61. The van der Waals surface area contributed by atoms with Crippen LogP contribution in [0.4, 0.5) is 0 Å². The molecule has 2 nitrogen and oxygen atoms in total. The third-order valence-electron chi connectivity index (χ3n) is 4.69. The Hall–Kier alpha value is -3.26. The molecule has 1 aliphatic rings. The van der Waals surface area contributed by atoms with Crippen molar-refractivity contribution in [2.75, 3.05) is 0 Å². The second-order valence-electron chi connectivity index (χ2n) is 6.12. The van der Waals surface area contributed by atoms with Gasteiger partial charge in [0.15, 0.2) is 11.6 Å². The topological polar surface area (TPSA) is 34.1 Å². The Balaban J connectivity index is 1.92. The van der Waals surface area contributed by atoms with Gasteiger partial charge in [-0.15, -0.1) is 0 Å². The Morgan fingerprint density at radius 3 is 1.64 bits per heavy atom. The average Bonchev–Trinajstić information content (AvgIpc) is 2.90. The van der Waals surface area contributed by atoms with Crippen LogP contribution in [0.25, 0.3) is 6.08 Å². The van der Waals surface area contributed by atoms with Crippen LogP contribution in [-0.2, 0) is 5.41 Å². The van der Waals surface area contributed by atoms with E-state index in [-0.39, 0.29) is 11.6 Å². The van der Waals surface area contributed by atoms with E-state index in [1.54, 1.807) is 30.3 Å². The molecule has 0 N–H and O–H groups in total. The van der Waals surface area contributed by atoms with Crippen molar-refractivity contribution in [3.63, 3.8) is 0 Å². The van der Waals surface area contributed by atoms with Gasteiger partial charge >= 0.3 is 0 Å². The van der Waals surface area contributed by atoms with Crippen LogP contribution in [-0.4, -0.2) is 11.6 Å². The highest BCUT2D eigenvalue weighted by atomic mass is 16.2. The number of carbonyl (C=O) groups excluding carboxylic acids is 2. The van der Waals surface area contributed by atoms with Gasteiger partial charge in [-0.05, 0) is 11.1 Å². The molecule has 0 saturated heterocycles.